The molecule has 0 saturated carbocycles. The molecular weight excluding hydrogens is 466 g/mol. The third kappa shape index (κ3) is 5.57. The predicted molar refractivity (Wildman–Crippen MR) is 136 cm³/mol. The fourth-order valence-corrected chi connectivity index (χ4v) is 5.42. The first-order valence-corrected chi connectivity index (χ1v) is 12.7. The smallest absolute Gasteiger partial charge is 0.387 e. The molecule has 3 aliphatic rings. The Labute approximate surface area is 210 Å². The zero-order valence-electron chi connectivity index (χ0n) is 20.7. The Morgan fingerprint density at radius 3 is 2.39 bits per heavy atom. The molecule has 194 valence electrons. The van der Waals surface area contributed by atoms with E-state index in [1.54, 1.807) is 6.07 Å². The van der Waals surface area contributed by atoms with Crippen LogP contribution in [0.4, 0.5) is 20.2 Å². The molecule has 0 radical (unpaired) electrons. The summed E-state index contributed by atoms with van der Waals surface area (Å²) in [5, 5.41) is 3.18. The zero-order valence-corrected chi connectivity index (χ0v) is 20.7. The minimum Gasteiger partial charge on any atom is -0.435 e. The van der Waals surface area contributed by atoms with Gasteiger partial charge < -0.3 is 29.5 Å². The number of likely N-dealkylation sites (N-methyl/N-ethyl adjacent to an activating group) is 1. The largest absolute Gasteiger partial charge is 0.435 e. The number of piperazine rings is 1. The number of nitrogens with one attached hydrogen (secondary N) is 1. The molecule has 1 aliphatic carbocycles. The van der Waals surface area contributed by atoms with Crippen LogP contribution in [-0.4, -0.2) is 83.0 Å². The second-order valence-corrected chi connectivity index (χ2v) is 9.77. The summed E-state index contributed by atoms with van der Waals surface area (Å²) in [6.07, 6.45) is 1.85. The van der Waals surface area contributed by atoms with Crippen LogP contribution in [-0.2, 0) is 17.6 Å². The molecule has 0 aromatic heterocycles. The second kappa shape index (κ2) is 11.0. The number of alkyl halides is 2. The van der Waals surface area contributed by atoms with Crippen LogP contribution in [0.1, 0.15) is 27.9 Å². The number of benzene rings is 2. The number of morpholine rings is 1. The number of hydrogen-bond donors (Lipinski definition) is 1. The molecule has 2 aliphatic heterocycles. The van der Waals surface area contributed by atoms with E-state index in [4.69, 9.17) is 9.47 Å². The number of ether oxygens (including phenoxy) is 2. The quantitative estimate of drug-likeness (QED) is 0.658. The Kier molecular flexibility index (Phi) is 7.57. The lowest BCUT2D eigenvalue weighted by Crippen LogP contribution is -2.45. The molecule has 5 rings (SSSR count). The van der Waals surface area contributed by atoms with Gasteiger partial charge >= 0.3 is 6.61 Å². The lowest BCUT2D eigenvalue weighted by atomic mass is 9.85. The van der Waals surface area contributed by atoms with Gasteiger partial charge in [0, 0.05) is 62.2 Å². The number of rotatable bonds is 6. The van der Waals surface area contributed by atoms with Gasteiger partial charge in [-0.05, 0) is 73.8 Å². The van der Waals surface area contributed by atoms with Gasteiger partial charge in [-0.15, -0.1) is 0 Å². The standard InChI is InChI=1S/C27H34F2N4O3/c1-31-10-12-33(13-11-31)24-8-9-25(36-27(28)29)22-7-4-20(18-23(22)24)30-26(34)19-2-5-21(6-3-19)32-14-16-35-17-15-32/h2-3,5-6,8-9,20,27H,4,7,10-18H2,1H3,(H,30,34). The Hall–Kier alpha value is -2.91. The maximum atomic E-state index is 13.1. The molecule has 2 fully saturated rings. The Morgan fingerprint density at radius 2 is 1.69 bits per heavy atom. The molecule has 2 aromatic carbocycles. The second-order valence-electron chi connectivity index (χ2n) is 9.77. The molecule has 2 aromatic rings. The van der Waals surface area contributed by atoms with Crippen molar-refractivity contribution in [2.24, 2.45) is 0 Å². The number of nitrogens with zero attached hydrogens (tertiary/aromatic N) is 3. The first-order chi connectivity index (χ1) is 17.5. The van der Waals surface area contributed by atoms with Gasteiger partial charge in [0.15, 0.2) is 0 Å². The average Bonchev–Trinajstić information content (AvgIpc) is 2.90. The monoisotopic (exact) mass is 500 g/mol. The van der Waals surface area contributed by atoms with Crippen molar-refractivity contribution in [1.82, 2.24) is 10.2 Å². The van der Waals surface area contributed by atoms with Crippen molar-refractivity contribution in [2.45, 2.75) is 31.9 Å². The fraction of sp³-hybridized carbons (Fsp3) is 0.519. The molecule has 9 heteroatoms. The number of halogens is 2. The number of fused-ring (bicyclic) bond motifs is 1. The van der Waals surface area contributed by atoms with E-state index in [0.717, 1.165) is 61.8 Å². The molecule has 0 spiro atoms. The van der Waals surface area contributed by atoms with Crippen LogP contribution in [0.5, 0.6) is 5.75 Å². The number of amides is 1. The van der Waals surface area contributed by atoms with Gasteiger partial charge in [-0.25, -0.2) is 0 Å². The maximum absolute atomic E-state index is 13.1. The summed E-state index contributed by atoms with van der Waals surface area (Å²) in [5.41, 5.74) is 4.62. The Bertz CT molecular complexity index is 1050. The summed E-state index contributed by atoms with van der Waals surface area (Å²) < 4.78 is 36.4. The summed E-state index contributed by atoms with van der Waals surface area (Å²) in [5.74, 6) is 0.138. The molecule has 1 unspecified atom stereocenters. The van der Waals surface area contributed by atoms with Gasteiger partial charge in [-0.2, -0.15) is 8.78 Å². The van der Waals surface area contributed by atoms with Crippen LogP contribution >= 0.6 is 0 Å². The Morgan fingerprint density at radius 1 is 0.972 bits per heavy atom. The molecule has 1 atom stereocenters. The summed E-state index contributed by atoms with van der Waals surface area (Å²) in [4.78, 5) is 19.9. The van der Waals surface area contributed by atoms with E-state index in [2.05, 4.69) is 27.1 Å². The molecule has 2 saturated heterocycles. The summed E-state index contributed by atoms with van der Waals surface area (Å²) >= 11 is 0. The number of carbonyl (C=O) groups is 1. The first-order valence-electron chi connectivity index (χ1n) is 12.7. The van der Waals surface area contributed by atoms with Gasteiger partial charge in [-0.3, -0.25) is 4.79 Å². The summed E-state index contributed by atoms with van der Waals surface area (Å²) in [6, 6.07) is 11.2. The highest BCUT2D eigenvalue weighted by atomic mass is 19.3. The molecule has 2 heterocycles. The first kappa shape index (κ1) is 24.8. The van der Waals surface area contributed by atoms with Crippen molar-refractivity contribution in [3.63, 3.8) is 0 Å². The van der Waals surface area contributed by atoms with Crippen molar-refractivity contribution in [3.8, 4) is 5.75 Å². The summed E-state index contributed by atoms with van der Waals surface area (Å²) in [7, 11) is 2.10. The van der Waals surface area contributed by atoms with E-state index < -0.39 is 6.61 Å². The summed E-state index contributed by atoms with van der Waals surface area (Å²) in [6.45, 7) is 3.92. The number of anilines is 2. The van der Waals surface area contributed by atoms with Crippen LogP contribution in [0.25, 0.3) is 0 Å². The van der Waals surface area contributed by atoms with Gasteiger partial charge in [-0.1, -0.05) is 0 Å². The van der Waals surface area contributed by atoms with Gasteiger partial charge in [0.1, 0.15) is 5.75 Å². The van der Waals surface area contributed by atoms with Crippen LogP contribution < -0.4 is 19.9 Å². The van der Waals surface area contributed by atoms with Crippen molar-refractivity contribution in [1.29, 1.82) is 0 Å². The van der Waals surface area contributed by atoms with Crippen molar-refractivity contribution in [2.75, 3.05) is 69.3 Å². The average molecular weight is 501 g/mol. The highest BCUT2D eigenvalue weighted by Crippen LogP contribution is 2.38. The predicted octanol–water partition coefficient (Wildman–Crippen LogP) is 3.16. The topological polar surface area (TPSA) is 57.3 Å². The molecule has 0 bridgehead atoms. The van der Waals surface area contributed by atoms with E-state index in [0.29, 0.717) is 38.0 Å². The maximum Gasteiger partial charge on any atom is 0.387 e. The van der Waals surface area contributed by atoms with E-state index in [1.165, 1.54) is 0 Å². The van der Waals surface area contributed by atoms with Crippen LogP contribution in [0.2, 0.25) is 0 Å². The third-order valence-corrected chi connectivity index (χ3v) is 7.46. The highest BCUT2D eigenvalue weighted by Gasteiger charge is 2.29. The third-order valence-electron chi connectivity index (χ3n) is 7.46. The number of hydrogen-bond acceptors (Lipinski definition) is 6. The lowest BCUT2D eigenvalue weighted by molar-refractivity contribution is -0.0505. The minimum atomic E-state index is -2.86. The Balaban J connectivity index is 1.31. The fourth-order valence-electron chi connectivity index (χ4n) is 5.42. The normalized spacial score (nSPS) is 20.8. The SMILES string of the molecule is CN1CCN(c2ccc(OC(F)F)c3c2CC(NC(=O)c2ccc(N4CCOCC4)cc2)CC3)CC1. The van der Waals surface area contributed by atoms with Crippen LogP contribution in [0.15, 0.2) is 36.4 Å². The lowest BCUT2D eigenvalue weighted by Gasteiger charge is -2.37. The highest BCUT2D eigenvalue weighted by molar-refractivity contribution is 5.94. The van der Waals surface area contributed by atoms with Gasteiger partial charge in [0.05, 0.1) is 13.2 Å². The van der Waals surface area contributed by atoms with Crippen LogP contribution in [0, 0.1) is 0 Å². The zero-order chi connectivity index (χ0) is 25.1. The molecular formula is C27H34F2N4O3. The van der Waals surface area contributed by atoms with Crippen molar-refractivity contribution in [3.05, 3.63) is 53.1 Å². The molecule has 1 N–H and O–H groups in total. The molecule has 7 nitrogen and oxygen atoms in total. The van der Waals surface area contributed by atoms with E-state index in [1.807, 2.05) is 30.3 Å². The van der Waals surface area contributed by atoms with E-state index >= 15 is 0 Å². The van der Waals surface area contributed by atoms with Gasteiger partial charge in [0.2, 0.25) is 0 Å². The van der Waals surface area contributed by atoms with Crippen molar-refractivity contribution >= 4 is 17.3 Å². The van der Waals surface area contributed by atoms with Gasteiger partial charge in [0.25, 0.3) is 5.91 Å². The molecule has 36 heavy (non-hydrogen) atoms. The van der Waals surface area contributed by atoms with Crippen LogP contribution in [0.3, 0.4) is 0 Å². The van der Waals surface area contributed by atoms with E-state index in [9.17, 15) is 13.6 Å². The van der Waals surface area contributed by atoms with E-state index in [-0.39, 0.29) is 17.7 Å². The minimum absolute atomic E-state index is 0.0723. The van der Waals surface area contributed by atoms with Crippen molar-refractivity contribution < 1.29 is 23.0 Å². The molecule has 1 amide bonds. The number of carbonyl (C=O) groups excluding carboxylic acids is 1.